The third-order valence-corrected chi connectivity index (χ3v) is 3.72. The molecule has 1 aliphatic carbocycles. The lowest BCUT2D eigenvalue weighted by molar-refractivity contribution is 0.166. The van der Waals surface area contributed by atoms with Crippen LogP contribution in [0.3, 0.4) is 0 Å². The van der Waals surface area contributed by atoms with Gasteiger partial charge in [0.05, 0.1) is 12.9 Å². The lowest BCUT2D eigenvalue weighted by Gasteiger charge is -2.29. The Kier molecular flexibility index (Phi) is 4.67. The second-order valence-electron chi connectivity index (χ2n) is 3.95. The molecule has 0 aliphatic heterocycles. The molecular formula is C9H17ClO3S. The van der Waals surface area contributed by atoms with Crippen molar-refractivity contribution in [2.24, 2.45) is 11.8 Å². The highest BCUT2D eigenvalue weighted by atomic mass is 35.5. The highest BCUT2D eigenvalue weighted by Gasteiger charge is 2.25. The van der Waals surface area contributed by atoms with Crippen LogP contribution in [0, 0.1) is 11.8 Å². The Morgan fingerprint density at radius 3 is 2.36 bits per heavy atom. The van der Waals surface area contributed by atoms with Gasteiger partial charge in [0.15, 0.2) is 0 Å². The normalized spacial score (nSPS) is 29.0. The molecule has 0 aromatic rings. The van der Waals surface area contributed by atoms with Crippen LogP contribution in [-0.2, 0) is 14.3 Å². The Hall–Kier alpha value is 0.200. The predicted octanol–water partition coefficient (Wildman–Crippen LogP) is 2.01. The SMILES string of the molecule is CS(=O)(=O)OC[C@@H]1CCCC[C@H]1CCl. The summed E-state index contributed by atoms with van der Waals surface area (Å²) < 4.78 is 26.4. The maximum Gasteiger partial charge on any atom is 0.264 e. The van der Waals surface area contributed by atoms with E-state index >= 15 is 0 Å². The van der Waals surface area contributed by atoms with Gasteiger partial charge in [0.1, 0.15) is 0 Å². The molecule has 5 heteroatoms. The summed E-state index contributed by atoms with van der Waals surface area (Å²) in [7, 11) is -3.30. The van der Waals surface area contributed by atoms with Crippen LogP contribution in [0.25, 0.3) is 0 Å². The minimum absolute atomic E-state index is 0.302. The third kappa shape index (κ3) is 4.15. The molecule has 1 aliphatic rings. The van der Waals surface area contributed by atoms with Gasteiger partial charge in [0.25, 0.3) is 10.1 Å². The first kappa shape index (κ1) is 12.3. The number of rotatable bonds is 4. The van der Waals surface area contributed by atoms with Crippen molar-refractivity contribution in [2.75, 3.05) is 18.7 Å². The second kappa shape index (κ2) is 5.33. The Morgan fingerprint density at radius 2 is 1.86 bits per heavy atom. The summed E-state index contributed by atoms with van der Waals surface area (Å²) in [5.74, 6) is 1.35. The topological polar surface area (TPSA) is 43.4 Å². The minimum Gasteiger partial charge on any atom is -0.270 e. The van der Waals surface area contributed by atoms with Crippen molar-refractivity contribution in [3.8, 4) is 0 Å². The first-order valence-corrected chi connectivity index (χ1v) is 7.28. The average molecular weight is 241 g/mol. The van der Waals surface area contributed by atoms with E-state index in [1.54, 1.807) is 0 Å². The Balaban J connectivity index is 2.41. The molecule has 0 bridgehead atoms. The van der Waals surface area contributed by atoms with Crippen LogP contribution in [0.2, 0.25) is 0 Å². The molecule has 0 radical (unpaired) electrons. The number of halogens is 1. The van der Waals surface area contributed by atoms with Crippen LogP contribution in [0.1, 0.15) is 25.7 Å². The van der Waals surface area contributed by atoms with Crippen molar-refractivity contribution < 1.29 is 12.6 Å². The summed E-state index contributed by atoms with van der Waals surface area (Å²) in [5.41, 5.74) is 0. The van der Waals surface area contributed by atoms with E-state index in [1.165, 1.54) is 6.42 Å². The van der Waals surface area contributed by atoms with Crippen LogP contribution < -0.4 is 0 Å². The van der Waals surface area contributed by atoms with E-state index in [0.717, 1.165) is 25.5 Å². The van der Waals surface area contributed by atoms with Gasteiger partial charge < -0.3 is 0 Å². The lowest BCUT2D eigenvalue weighted by Crippen LogP contribution is -2.26. The molecule has 0 spiro atoms. The fourth-order valence-corrected chi connectivity index (χ4v) is 2.75. The van der Waals surface area contributed by atoms with Gasteiger partial charge in [-0.1, -0.05) is 12.8 Å². The molecule has 3 nitrogen and oxygen atoms in total. The van der Waals surface area contributed by atoms with Crippen molar-refractivity contribution in [2.45, 2.75) is 25.7 Å². The van der Waals surface area contributed by atoms with E-state index in [-0.39, 0.29) is 0 Å². The first-order valence-electron chi connectivity index (χ1n) is 4.93. The van der Waals surface area contributed by atoms with Crippen LogP contribution in [-0.4, -0.2) is 27.2 Å². The maximum atomic E-state index is 10.8. The predicted molar refractivity (Wildman–Crippen MR) is 57.0 cm³/mol. The number of alkyl halides is 1. The van der Waals surface area contributed by atoms with E-state index in [4.69, 9.17) is 15.8 Å². The molecule has 0 saturated heterocycles. The Morgan fingerprint density at radius 1 is 1.29 bits per heavy atom. The molecule has 0 aromatic heterocycles. The molecule has 0 amide bonds. The summed E-state index contributed by atoms with van der Waals surface area (Å²) in [6.45, 7) is 0.302. The van der Waals surface area contributed by atoms with Crippen molar-refractivity contribution >= 4 is 21.7 Å². The molecule has 1 rings (SSSR count). The van der Waals surface area contributed by atoms with Crippen molar-refractivity contribution in [3.63, 3.8) is 0 Å². The number of hydrogen-bond donors (Lipinski definition) is 0. The van der Waals surface area contributed by atoms with Gasteiger partial charge in [-0.2, -0.15) is 8.42 Å². The van der Waals surface area contributed by atoms with E-state index in [2.05, 4.69) is 0 Å². The molecule has 1 fully saturated rings. The highest BCUT2D eigenvalue weighted by Crippen LogP contribution is 2.31. The zero-order chi connectivity index (χ0) is 10.6. The van der Waals surface area contributed by atoms with Gasteiger partial charge in [-0.05, 0) is 24.7 Å². The van der Waals surface area contributed by atoms with Crippen LogP contribution in [0.4, 0.5) is 0 Å². The standard InChI is InChI=1S/C9H17ClO3S/c1-14(11,12)13-7-9-5-3-2-4-8(9)6-10/h8-9H,2-7H2,1H3/t8-,9-/m0/s1. The summed E-state index contributed by atoms with van der Waals surface area (Å²) >= 11 is 5.82. The van der Waals surface area contributed by atoms with Crippen LogP contribution in [0.5, 0.6) is 0 Å². The van der Waals surface area contributed by atoms with Gasteiger partial charge in [-0.25, -0.2) is 0 Å². The van der Waals surface area contributed by atoms with Crippen molar-refractivity contribution in [3.05, 3.63) is 0 Å². The third-order valence-electron chi connectivity index (χ3n) is 2.76. The Labute approximate surface area is 90.9 Å². The largest absolute Gasteiger partial charge is 0.270 e. The maximum absolute atomic E-state index is 10.8. The summed E-state index contributed by atoms with van der Waals surface area (Å²) in [6, 6.07) is 0. The molecule has 1 saturated carbocycles. The van der Waals surface area contributed by atoms with Crippen molar-refractivity contribution in [1.29, 1.82) is 0 Å². The molecular weight excluding hydrogens is 224 g/mol. The van der Waals surface area contributed by atoms with E-state index in [1.807, 2.05) is 0 Å². The second-order valence-corrected chi connectivity index (χ2v) is 5.90. The van der Waals surface area contributed by atoms with Gasteiger partial charge >= 0.3 is 0 Å². The number of hydrogen-bond acceptors (Lipinski definition) is 3. The molecule has 84 valence electrons. The van der Waals surface area contributed by atoms with Gasteiger partial charge in [-0.15, -0.1) is 11.6 Å². The molecule has 0 heterocycles. The molecule has 2 atom stereocenters. The van der Waals surface area contributed by atoms with E-state index < -0.39 is 10.1 Å². The fraction of sp³-hybridized carbons (Fsp3) is 1.00. The molecule has 0 aromatic carbocycles. The van der Waals surface area contributed by atoms with Gasteiger partial charge in [0, 0.05) is 5.88 Å². The molecule has 14 heavy (non-hydrogen) atoms. The zero-order valence-corrected chi connectivity index (χ0v) is 9.98. The highest BCUT2D eigenvalue weighted by molar-refractivity contribution is 7.85. The van der Waals surface area contributed by atoms with Crippen LogP contribution >= 0.6 is 11.6 Å². The first-order chi connectivity index (χ1) is 6.53. The average Bonchev–Trinajstić information content (AvgIpc) is 2.14. The monoisotopic (exact) mass is 240 g/mol. The lowest BCUT2D eigenvalue weighted by atomic mass is 9.81. The van der Waals surface area contributed by atoms with Gasteiger partial charge in [0.2, 0.25) is 0 Å². The van der Waals surface area contributed by atoms with Crippen LogP contribution in [0.15, 0.2) is 0 Å². The molecule has 0 N–H and O–H groups in total. The quantitative estimate of drug-likeness (QED) is 0.558. The molecule has 0 unspecified atom stereocenters. The van der Waals surface area contributed by atoms with E-state index in [9.17, 15) is 8.42 Å². The fourth-order valence-electron chi connectivity index (χ4n) is 1.92. The van der Waals surface area contributed by atoms with Gasteiger partial charge in [-0.3, -0.25) is 4.18 Å². The van der Waals surface area contributed by atoms with Crippen molar-refractivity contribution in [1.82, 2.24) is 0 Å². The summed E-state index contributed by atoms with van der Waals surface area (Å²) in [4.78, 5) is 0. The van der Waals surface area contributed by atoms with E-state index in [0.29, 0.717) is 24.3 Å². The smallest absolute Gasteiger partial charge is 0.264 e. The minimum atomic E-state index is -3.30. The zero-order valence-electron chi connectivity index (χ0n) is 8.41. The summed E-state index contributed by atoms with van der Waals surface area (Å²) in [6.07, 6.45) is 5.58. The Bertz CT molecular complexity index is 263. The summed E-state index contributed by atoms with van der Waals surface area (Å²) in [5, 5.41) is 0.